The van der Waals surface area contributed by atoms with Crippen LogP contribution < -0.4 is 10.4 Å². The fraction of sp³-hybridized carbons (Fsp3) is 0. The van der Waals surface area contributed by atoms with E-state index in [0.29, 0.717) is 16.5 Å². The first kappa shape index (κ1) is 13.0. The molecule has 0 atom stereocenters. The summed E-state index contributed by atoms with van der Waals surface area (Å²) in [7, 11) is -3.92. The van der Waals surface area contributed by atoms with E-state index in [9.17, 15) is 13.2 Å². The maximum absolute atomic E-state index is 12.2. The van der Waals surface area contributed by atoms with Crippen LogP contribution in [0.3, 0.4) is 0 Å². The second-order valence-electron chi connectivity index (χ2n) is 4.25. The van der Waals surface area contributed by atoms with Crippen LogP contribution in [0.15, 0.2) is 40.4 Å². The number of para-hydroxylation sites is 1. The highest BCUT2D eigenvalue weighted by Gasteiger charge is 2.18. The van der Waals surface area contributed by atoms with E-state index in [4.69, 9.17) is 5.26 Å². The normalized spacial score (nSPS) is 11.4. The van der Waals surface area contributed by atoms with Crippen LogP contribution in [0.5, 0.6) is 0 Å². The minimum absolute atomic E-state index is 0.267. The van der Waals surface area contributed by atoms with Gasteiger partial charge in [0.15, 0.2) is 5.03 Å². The van der Waals surface area contributed by atoms with Gasteiger partial charge in [0.1, 0.15) is 6.07 Å². The lowest BCUT2D eigenvalue weighted by molar-refractivity contribution is 0.598. The van der Waals surface area contributed by atoms with Gasteiger partial charge in [0, 0.05) is 17.8 Å². The van der Waals surface area contributed by atoms with E-state index in [-0.39, 0.29) is 10.7 Å². The molecule has 3 rings (SSSR count). The van der Waals surface area contributed by atoms with E-state index in [2.05, 4.69) is 19.7 Å². The molecule has 0 saturated carbocycles. The number of anilines is 1. The van der Waals surface area contributed by atoms with Gasteiger partial charge in [-0.1, -0.05) is 12.1 Å². The van der Waals surface area contributed by atoms with Crippen molar-refractivity contribution in [2.45, 2.75) is 5.03 Å². The molecule has 3 aromatic rings. The largest absolute Gasteiger partial charge is 0.358 e. The molecule has 106 valence electrons. The molecule has 0 unspecified atom stereocenters. The number of imidazole rings is 1. The van der Waals surface area contributed by atoms with Crippen molar-refractivity contribution in [1.82, 2.24) is 15.0 Å². The molecule has 0 aliphatic heterocycles. The second kappa shape index (κ2) is 4.53. The lowest BCUT2D eigenvalue weighted by Gasteiger charge is -2.07. The third kappa shape index (κ3) is 2.17. The summed E-state index contributed by atoms with van der Waals surface area (Å²) >= 11 is 0. The number of fused-ring (bicyclic) bond motifs is 1. The van der Waals surface area contributed by atoms with Gasteiger partial charge in [-0.3, -0.25) is 9.71 Å². The summed E-state index contributed by atoms with van der Waals surface area (Å²) in [4.78, 5) is 18.3. The minimum Gasteiger partial charge on any atom is -0.358 e. The fourth-order valence-electron chi connectivity index (χ4n) is 1.99. The molecule has 0 saturated heterocycles. The summed E-state index contributed by atoms with van der Waals surface area (Å²) in [5.41, 5.74) is 0.591. The topological polar surface area (TPSA) is 134 Å². The Hall–Kier alpha value is -2.99. The van der Waals surface area contributed by atoms with Crippen molar-refractivity contribution < 1.29 is 8.42 Å². The van der Waals surface area contributed by atoms with Crippen molar-refractivity contribution in [3.63, 3.8) is 0 Å². The van der Waals surface area contributed by atoms with E-state index in [1.165, 1.54) is 6.20 Å². The van der Waals surface area contributed by atoms with Gasteiger partial charge in [0.25, 0.3) is 10.0 Å². The average Bonchev–Trinajstić information content (AvgIpc) is 3.05. The Morgan fingerprint density at radius 1 is 1.19 bits per heavy atom. The van der Waals surface area contributed by atoms with Crippen LogP contribution in [0.4, 0.5) is 5.69 Å². The summed E-state index contributed by atoms with van der Waals surface area (Å²) in [6.45, 7) is 0. The molecular formula is C12H9N5O3S. The first-order valence-electron chi connectivity index (χ1n) is 5.82. The maximum atomic E-state index is 12.2. The molecule has 2 heterocycles. The lowest BCUT2D eigenvalue weighted by Crippen LogP contribution is -2.15. The molecular weight excluding hydrogens is 294 g/mol. The van der Waals surface area contributed by atoms with E-state index >= 15 is 0 Å². The molecule has 0 aliphatic carbocycles. The van der Waals surface area contributed by atoms with Gasteiger partial charge in [-0.05, 0) is 6.07 Å². The Bertz CT molecular complexity index is 1020. The van der Waals surface area contributed by atoms with E-state index < -0.39 is 15.7 Å². The number of aromatic nitrogens is 3. The Morgan fingerprint density at radius 3 is 2.67 bits per heavy atom. The van der Waals surface area contributed by atoms with Gasteiger partial charge in [-0.15, -0.1) is 0 Å². The van der Waals surface area contributed by atoms with Gasteiger partial charge in [-0.2, -0.15) is 13.7 Å². The number of aromatic amines is 3. The Kier molecular flexibility index (Phi) is 2.81. The van der Waals surface area contributed by atoms with Crippen LogP contribution >= 0.6 is 0 Å². The molecule has 0 aliphatic rings. The van der Waals surface area contributed by atoms with E-state index in [1.807, 2.05) is 6.07 Å². The zero-order chi connectivity index (χ0) is 15.0. The number of H-pyrrole nitrogens is 3. The molecule has 2 aromatic heterocycles. The second-order valence-corrected chi connectivity index (χ2v) is 5.91. The van der Waals surface area contributed by atoms with Gasteiger partial charge < -0.3 is 9.97 Å². The monoisotopic (exact) mass is 303 g/mol. The first-order chi connectivity index (χ1) is 10.0. The highest BCUT2D eigenvalue weighted by atomic mass is 32.2. The summed E-state index contributed by atoms with van der Waals surface area (Å²) in [6, 6.07) is 6.91. The Balaban J connectivity index is 2.08. The van der Waals surface area contributed by atoms with Crippen LogP contribution in [0, 0.1) is 11.3 Å². The molecule has 1 aromatic carbocycles. The Morgan fingerprint density at radius 2 is 2.00 bits per heavy atom. The van der Waals surface area contributed by atoms with Crippen LogP contribution in [0.1, 0.15) is 5.56 Å². The van der Waals surface area contributed by atoms with Crippen molar-refractivity contribution >= 4 is 26.6 Å². The van der Waals surface area contributed by atoms with Gasteiger partial charge in [-0.25, -0.2) is 4.79 Å². The number of rotatable bonds is 3. The third-order valence-electron chi connectivity index (χ3n) is 2.94. The van der Waals surface area contributed by atoms with Gasteiger partial charge in [0.05, 0.1) is 16.8 Å². The van der Waals surface area contributed by atoms with E-state index in [0.717, 1.165) is 6.20 Å². The summed E-state index contributed by atoms with van der Waals surface area (Å²) in [6.07, 6.45) is 2.57. The molecule has 0 fully saturated rings. The fourth-order valence-corrected chi connectivity index (χ4v) is 3.00. The summed E-state index contributed by atoms with van der Waals surface area (Å²) in [5, 5.41) is 9.32. The highest BCUT2D eigenvalue weighted by molar-refractivity contribution is 7.92. The number of hydrogen-bond acceptors (Lipinski definition) is 4. The molecule has 9 heteroatoms. The van der Waals surface area contributed by atoms with Crippen molar-refractivity contribution in [1.29, 1.82) is 5.26 Å². The number of benzene rings is 1. The van der Waals surface area contributed by atoms with Crippen LogP contribution in [-0.2, 0) is 10.0 Å². The zero-order valence-electron chi connectivity index (χ0n) is 10.5. The highest BCUT2D eigenvalue weighted by Crippen LogP contribution is 2.26. The van der Waals surface area contributed by atoms with Crippen molar-refractivity contribution in [2.24, 2.45) is 0 Å². The quantitative estimate of drug-likeness (QED) is 0.570. The summed E-state index contributed by atoms with van der Waals surface area (Å²) < 4.78 is 26.7. The molecule has 0 radical (unpaired) electrons. The average molecular weight is 303 g/mol. The Labute approximate surface area is 118 Å². The van der Waals surface area contributed by atoms with Crippen molar-refractivity contribution in [2.75, 3.05) is 4.72 Å². The molecule has 4 N–H and O–H groups in total. The minimum atomic E-state index is -3.92. The lowest BCUT2D eigenvalue weighted by atomic mass is 10.2. The number of nitrogens with zero attached hydrogens (tertiary/aromatic N) is 1. The van der Waals surface area contributed by atoms with Crippen LogP contribution in [0.25, 0.3) is 10.9 Å². The van der Waals surface area contributed by atoms with E-state index in [1.54, 1.807) is 18.2 Å². The van der Waals surface area contributed by atoms with Crippen molar-refractivity contribution in [3.8, 4) is 6.07 Å². The number of sulfonamides is 1. The predicted octanol–water partition coefficient (Wildman–Crippen LogP) is 0.857. The standard InChI is InChI=1S/C12H9N5O3S/c13-4-7-5-14-11-8(7)2-1-3-9(11)17-21(19,20)10-6-15-12(18)16-10/h1-3,5-6,14,17H,(H2,15,16,18). The SMILES string of the molecule is N#Cc1c[nH]c2c(NS(=O)(=O)c3c[nH]c(=O)[nH]3)cccc12. The first-order valence-corrected chi connectivity index (χ1v) is 7.30. The number of nitriles is 1. The van der Waals surface area contributed by atoms with Gasteiger partial charge >= 0.3 is 5.69 Å². The molecule has 0 bridgehead atoms. The smallest absolute Gasteiger partial charge is 0.323 e. The van der Waals surface area contributed by atoms with Crippen LogP contribution in [0.2, 0.25) is 0 Å². The number of hydrogen-bond donors (Lipinski definition) is 4. The predicted molar refractivity (Wildman–Crippen MR) is 75.2 cm³/mol. The molecule has 8 nitrogen and oxygen atoms in total. The van der Waals surface area contributed by atoms with Crippen LogP contribution in [-0.4, -0.2) is 23.4 Å². The molecule has 21 heavy (non-hydrogen) atoms. The molecule has 0 amide bonds. The van der Waals surface area contributed by atoms with Crippen molar-refractivity contribution in [3.05, 3.63) is 46.6 Å². The van der Waals surface area contributed by atoms with Gasteiger partial charge in [0.2, 0.25) is 0 Å². The maximum Gasteiger partial charge on any atom is 0.323 e. The third-order valence-corrected chi connectivity index (χ3v) is 4.23. The number of nitrogens with one attached hydrogen (secondary N) is 4. The summed E-state index contributed by atoms with van der Waals surface area (Å²) in [5.74, 6) is 0. The zero-order valence-corrected chi connectivity index (χ0v) is 11.3. The molecule has 0 spiro atoms.